The monoisotopic (exact) mass is 286 g/mol. The van der Waals surface area contributed by atoms with Crippen molar-refractivity contribution in [2.75, 3.05) is 6.54 Å². The second-order valence-electron chi connectivity index (χ2n) is 4.88. The van der Waals surface area contributed by atoms with Crippen molar-refractivity contribution in [2.45, 2.75) is 38.3 Å². The van der Waals surface area contributed by atoms with Crippen molar-refractivity contribution in [3.63, 3.8) is 0 Å². The van der Waals surface area contributed by atoms with Gasteiger partial charge in [0, 0.05) is 6.54 Å². The quantitative estimate of drug-likeness (QED) is 0.908. The summed E-state index contributed by atoms with van der Waals surface area (Å²) in [6.07, 6.45) is 3.02. The van der Waals surface area contributed by atoms with Gasteiger partial charge in [-0.25, -0.2) is 4.39 Å². The maximum absolute atomic E-state index is 12.9. The first-order valence-corrected chi connectivity index (χ1v) is 6.41. The van der Waals surface area contributed by atoms with Gasteiger partial charge < -0.3 is 10.6 Å². The molecule has 1 aromatic rings. The van der Waals surface area contributed by atoms with E-state index in [1.165, 1.54) is 12.1 Å². The molecule has 1 fully saturated rings. The van der Waals surface area contributed by atoms with Crippen LogP contribution in [0.2, 0.25) is 0 Å². The molecule has 0 aliphatic carbocycles. The Morgan fingerprint density at radius 3 is 2.58 bits per heavy atom. The lowest BCUT2D eigenvalue weighted by Gasteiger charge is -2.37. The first kappa shape index (κ1) is 15.9. The fourth-order valence-electron chi connectivity index (χ4n) is 2.49. The van der Waals surface area contributed by atoms with Crippen LogP contribution >= 0.6 is 12.4 Å². The number of carbonyl (C=O) groups is 1. The van der Waals surface area contributed by atoms with Gasteiger partial charge in [-0.1, -0.05) is 12.1 Å². The topological polar surface area (TPSA) is 46.3 Å². The second kappa shape index (κ2) is 6.87. The van der Waals surface area contributed by atoms with E-state index in [0.717, 1.165) is 31.4 Å². The number of carbonyl (C=O) groups excluding carboxylic acids is 1. The number of hydrogen-bond donors (Lipinski definition) is 1. The van der Waals surface area contributed by atoms with Gasteiger partial charge in [0.05, 0.1) is 12.1 Å². The van der Waals surface area contributed by atoms with E-state index < -0.39 is 6.04 Å². The lowest BCUT2D eigenvalue weighted by molar-refractivity contribution is -0.136. The van der Waals surface area contributed by atoms with Gasteiger partial charge in [0.1, 0.15) is 5.82 Å². The zero-order chi connectivity index (χ0) is 13.1. The van der Waals surface area contributed by atoms with E-state index >= 15 is 0 Å². The molecule has 19 heavy (non-hydrogen) atoms. The van der Waals surface area contributed by atoms with Crippen LogP contribution in [0.1, 0.15) is 37.8 Å². The SMILES string of the molecule is C[C@H](N)C(=O)N1CCCCC1c1ccc(F)cc1.Cl. The van der Waals surface area contributed by atoms with E-state index in [9.17, 15) is 9.18 Å². The number of nitrogens with two attached hydrogens (primary N) is 1. The van der Waals surface area contributed by atoms with Crippen LogP contribution in [0.15, 0.2) is 24.3 Å². The number of rotatable bonds is 2. The van der Waals surface area contributed by atoms with Crippen molar-refractivity contribution in [2.24, 2.45) is 5.73 Å². The minimum atomic E-state index is -0.481. The van der Waals surface area contributed by atoms with Crippen molar-refractivity contribution in [1.29, 1.82) is 0 Å². The molecule has 0 aromatic heterocycles. The van der Waals surface area contributed by atoms with Gasteiger partial charge in [0.2, 0.25) is 5.91 Å². The van der Waals surface area contributed by atoms with Crippen molar-refractivity contribution < 1.29 is 9.18 Å². The van der Waals surface area contributed by atoms with Gasteiger partial charge in [-0.05, 0) is 43.9 Å². The van der Waals surface area contributed by atoms with Crippen LogP contribution in [0.25, 0.3) is 0 Å². The van der Waals surface area contributed by atoms with Gasteiger partial charge in [-0.3, -0.25) is 4.79 Å². The Kier molecular flexibility index (Phi) is 5.76. The lowest BCUT2D eigenvalue weighted by atomic mass is 9.94. The molecule has 0 bridgehead atoms. The molecular weight excluding hydrogens is 267 g/mol. The van der Waals surface area contributed by atoms with Crippen molar-refractivity contribution in [1.82, 2.24) is 4.90 Å². The zero-order valence-electron chi connectivity index (χ0n) is 11.0. The van der Waals surface area contributed by atoms with Gasteiger partial charge >= 0.3 is 0 Å². The molecule has 0 spiro atoms. The summed E-state index contributed by atoms with van der Waals surface area (Å²) in [5.74, 6) is -0.274. The van der Waals surface area contributed by atoms with Crippen LogP contribution in [-0.4, -0.2) is 23.4 Å². The summed E-state index contributed by atoms with van der Waals surface area (Å²) in [4.78, 5) is 13.9. The predicted octanol–water partition coefficient (Wildman–Crippen LogP) is 2.65. The average Bonchev–Trinajstić information content (AvgIpc) is 2.39. The predicted molar refractivity (Wildman–Crippen MR) is 75.6 cm³/mol. The zero-order valence-corrected chi connectivity index (χ0v) is 11.8. The molecule has 1 aromatic carbocycles. The van der Waals surface area contributed by atoms with E-state index in [1.807, 2.05) is 4.90 Å². The summed E-state index contributed by atoms with van der Waals surface area (Å²) in [6, 6.07) is 5.96. The molecular formula is C14H20ClFN2O. The normalized spacial score (nSPS) is 20.6. The number of hydrogen-bond acceptors (Lipinski definition) is 2. The third-order valence-electron chi connectivity index (χ3n) is 3.43. The van der Waals surface area contributed by atoms with Crippen LogP contribution in [0.4, 0.5) is 4.39 Å². The van der Waals surface area contributed by atoms with E-state index in [-0.39, 0.29) is 30.2 Å². The van der Waals surface area contributed by atoms with Crippen LogP contribution in [0.3, 0.4) is 0 Å². The molecule has 0 saturated carbocycles. The highest BCUT2D eigenvalue weighted by Crippen LogP contribution is 2.31. The number of amides is 1. The van der Waals surface area contributed by atoms with Crippen LogP contribution < -0.4 is 5.73 Å². The maximum atomic E-state index is 12.9. The summed E-state index contributed by atoms with van der Waals surface area (Å²) >= 11 is 0. The highest BCUT2D eigenvalue weighted by Gasteiger charge is 2.29. The Balaban J connectivity index is 0.00000180. The molecule has 1 unspecified atom stereocenters. The summed E-state index contributed by atoms with van der Waals surface area (Å²) in [5, 5.41) is 0. The molecule has 2 N–H and O–H groups in total. The molecule has 3 nitrogen and oxygen atoms in total. The number of piperidine rings is 1. The summed E-state index contributed by atoms with van der Waals surface area (Å²) in [6.45, 7) is 2.45. The maximum Gasteiger partial charge on any atom is 0.239 e. The molecule has 1 saturated heterocycles. The Morgan fingerprint density at radius 2 is 2.00 bits per heavy atom. The first-order chi connectivity index (χ1) is 8.59. The molecule has 106 valence electrons. The Hall–Kier alpha value is -1.13. The highest BCUT2D eigenvalue weighted by molar-refractivity contribution is 5.85. The van der Waals surface area contributed by atoms with Gasteiger partial charge in [-0.15, -0.1) is 12.4 Å². The standard InChI is InChI=1S/C14H19FN2O.ClH/c1-10(16)14(18)17-9-3-2-4-13(17)11-5-7-12(15)8-6-11;/h5-8,10,13H,2-4,9,16H2,1H3;1H/t10-,13?;/m0./s1. The Labute approximate surface area is 119 Å². The molecule has 2 rings (SSSR count). The fourth-order valence-corrected chi connectivity index (χ4v) is 2.49. The number of benzene rings is 1. The number of nitrogens with zero attached hydrogens (tertiary/aromatic N) is 1. The molecule has 1 amide bonds. The van der Waals surface area contributed by atoms with Crippen molar-refractivity contribution in [3.8, 4) is 0 Å². The van der Waals surface area contributed by atoms with E-state index in [1.54, 1.807) is 19.1 Å². The molecule has 1 heterocycles. The van der Waals surface area contributed by atoms with Gasteiger partial charge in [-0.2, -0.15) is 0 Å². The van der Waals surface area contributed by atoms with E-state index in [4.69, 9.17) is 5.73 Å². The summed E-state index contributed by atoms with van der Waals surface area (Å²) in [7, 11) is 0. The van der Waals surface area contributed by atoms with Crippen molar-refractivity contribution in [3.05, 3.63) is 35.6 Å². The van der Waals surface area contributed by atoms with E-state index in [2.05, 4.69) is 0 Å². The molecule has 1 aliphatic heterocycles. The van der Waals surface area contributed by atoms with Crippen molar-refractivity contribution >= 4 is 18.3 Å². The Bertz CT molecular complexity index is 422. The lowest BCUT2D eigenvalue weighted by Crippen LogP contribution is -2.46. The van der Waals surface area contributed by atoms with Crippen LogP contribution in [0.5, 0.6) is 0 Å². The molecule has 1 aliphatic rings. The average molecular weight is 287 g/mol. The van der Waals surface area contributed by atoms with Crippen LogP contribution in [-0.2, 0) is 4.79 Å². The number of likely N-dealkylation sites (tertiary alicyclic amines) is 1. The van der Waals surface area contributed by atoms with E-state index in [0.29, 0.717) is 0 Å². The van der Waals surface area contributed by atoms with Gasteiger partial charge in [0.15, 0.2) is 0 Å². The highest BCUT2D eigenvalue weighted by atomic mass is 35.5. The second-order valence-corrected chi connectivity index (χ2v) is 4.88. The molecule has 2 atom stereocenters. The smallest absolute Gasteiger partial charge is 0.239 e. The fraction of sp³-hybridized carbons (Fsp3) is 0.500. The Morgan fingerprint density at radius 1 is 1.37 bits per heavy atom. The largest absolute Gasteiger partial charge is 0.334 e. The summed E-state index contributed by atoms with van der Waals surface area (Å²) in [5.41, 5.74) is 6.67. The van der Waals surface area contributed by atoms with Crippen LogP contribution in [0, 0.1) is 5.82 Å². The first-order valence-electron chi connectivity index (χ1n) is 6.41. The third kappa shape index (κ3) is 3.67. The van der Waals surface area contributed by atoms with Gasteiger partial charge in [0.25, 0.3) is 0 Å². The minimum Gasteiger partial charge on any atom is -0.334 e. The molecule has 0 radical (unpaired) electrons. The third-order valence-corrected chi connectivity index (χ3v) is 3.43. The minimum absolute atomic E-state index is 0. The summed E-state index contributed by atoms with van der Waals surface area (Å²) < 4.78 is 12.9. The number of halogens is 2. The molecule has 5 heteroatoms.